The first-order chi connectivity index (χ1) is 9.70. The molecule has 0 saturated carbocycles. The molecule has 1 aliphatic heterocycles. The van der Waals surface area contributed by atoms with Crippen LogP contribution < -0.4 is 5.01 Å². The van der Waals surface area contributed by atoms with Gasteiger partial charge in [0.2, 0.25) is 0 Å². The number of hydrazine groups is 1. The van der Waals surface area contributed by atoms with Gasteiger partial charge >= 0.3 is 0 Å². The first-order valence-corrected chi connectivity index (χ1v) is 6.56. The predicted molar refractivity (Wildman–Crippen MR) is 80.0 cm³/mol. The van der Waals surface area contributed by atoms with Crippen molar-refractivity contribution in [2.24, 2.45) is 0 Å². The summed E-state index contributed by atoms with van der Waals surface area (Å²) in [6.07, 6.45) is 0. The van der Waals surface area contributed by atoms with Crippen LogP contribution in [0.15, 0.2) is 72.8 Å². The van der Waals surface area contributed by atoms with Crippen molar-refractivity contribution in [1.82, 2.24) is 5.01 Å². The van der Waals surface area contributed by atoms with Gasteiger partial charge in [-0.25, -0.2) is 10.0 Å². The van der Waals surface area contributed by atoms with Crippen LogP contribution in [-0.4, -0.2) is 18.0 Å². The Morgan fingerprint density at radius 2 is 1.50 bits per heavy atom. The summed E-state index contributed by atoms with van der Waals surface area (Å²) >= 11 is 0. The zero-order valence-corrected chi connectivity index (χ0v) is 11.4. The number of anilines is 1. The van der Waals surface area contributed by atoms with Gasteiger partial charge in [-0.05, 0) is 17.7 Å². The maximum absolute atomic E-state index is 12.5. The highest BCUT2D eigenvalue weighted by Crippen LogP contribution is 2.37. The molecule has 0 N–H and O–H groups in total. The Hall–Kier alpha value is -2.39. The Morgan fingerprint density at radius 1 is 0.950 bits per heavy atom. The topological polar surface area (TPSA) is 23.6 Å². The zero-order chi connectivity index (χ0) is 14.1. The molecule has 1 atom stereocenters. The molecule has 3 rings (SSSR count). The van der Waals surface area contributed by atoms with E-state index in [0.717, 1.165) is 11.3 Å². The summed E-state index contributed by atoms with van der Waals surface area (Å²) < 4.78 is 0. The lowest BCUT2D eigenvalue weighted by atomic mass is 10.0. The maximum Gasteiger partial charge on any atom is 0.270 e. The second-order valence-electron chi connectivity index (χ2n) is 4.86. The highest BCUT2D eigenvalue weighted by molar-refractivity contribution is 6.07. The number of para-hydroxylation sites is 1. The lowest BCUT2D eigenvalue weighted by Gasteiger charge is -2.27. The number of hydrogen-bond donors (Lipinski definition) is 0. The normalized spacial score (nSPS) is 19.6. The minimum Gasteiger partial charge on any atom is -0.268 e. The minimum absolute atomic E-state index is 0.0486. The maximum atomic E-state index is 12.5. The van der Waals surface area contributed by atoms with E-state index in [4.69, 9.17) is 0 Å². The predicted octanol–water partition coefficient (Wildman–Crippen LogP) is 3.18. The molecule has 1 aliphatic rings. The average molecular weight is 264 g/mol. The van der Waals surface area contributed by atoms with Gasteiger partial charge in [-0.15, -0.1) is 0 Å². The first kappa shape index (κ1) is 12.6. The van der Waals surface area contributed by atoms with Crippen molar-refractivity contribution in [3.8, 4) is 0 Å². The third-order valence-corrected chi connectivity index (χ3v) is 3.60. The molecular formula is C17H16N2O. The molecule has 20 heavy (non-hydrogen) atoms. The summed E-state index contributed by atoms with van der Waals surface area (Å²) in [5.41, 5.74) is 2.54. The molecule has 100 valence electrons. The molecule has 1 saturated heterocycles. The summed E-state index contributed by atoms with van der Waals surface area (Å²) in [6, 6.07) is 19.5. The van der Waals surface area contributed by atoms with Crippen molar-refractivity contribution < 1.29 is 4.79 Å². The molecule has 1 unspecified atom stereocenters. The molecule has 1 heterocycles. The van der Waals surface area contributed by atoms with Crippen LogP contribution in [0, 0.1) is 0 Å². The third kappa shape index (κ3) is 1.92. The molecule has 0 spiro atoms. The van der Waals surface area contributed by atoms with Crippen molar-refractivity contribution in [2.75, 3.05) is 12.1 Å². The van der Waals surface area contributed by atoms with Crippen LogP contribution in [0.3, 0.4) is 0 Å². The van der Waals surface area contributed by atoms with E-state index >= 15 is 0 Å². The van der Waals surface area contributed by atoms with E-state index < -0.39 is 0 Å². The van der Waals surface area contributed by atoms with Gasteiger partial charge in [0.15, 0.2) is 0 Å². The molecule has 0 aliphatic carbocycles. The number of carbonyl (C=O) groups is 1. The van der Waals surface area contributed by atoms with Gasteiger partial charge in [-0.2, -0.15) is 0 Å². The summed E-state index contributed by atoms with van der Waals surface area (Å²) in [4.78, 5) is 12.5. The molecule has 2 aromatic rings. The number of nitrogens with zero attached hydrogens (tertiary/aromatic N) is 2. The quantitative estimate of drug-likeness (QED) is 0.778. The third-order valence-electron chi connectivity index (χ3n) is 3.60. The van der Waals surface area contributed by atoms with Crippen molar-refractivity contribution in [3.63, 3.8) is 0 Å². The summed E-state index contributed by atoms with van der Waals surface area (Å²) in [6.45, 7) is 3.99. The first-order valence-electron chi connectivity index (χ1n) is 6.56. The van der Waals surface area contributed by atoms with E-state index in [-0.39, 0.29) is 11.9 Å². The summed E-state index contributed by atoms with van der Waals surface area (Å²) in [7, 11) is 1.92. The molecule has 0 aromatic heterocycles. The van der Waals surface area contributed by atoms with Crippen molar-refractivity contribution in [2.45, 2.75) is 6.04 Å². The monoisotopic (exact) mass is 264 g/mol. The number of likely N-dealkylation sites (N-methyl/N-ethyl adjacent to an activating group) is 1. The second kappa shape index (κ2) is 4.94. The van der Waals surface area contributed by atoms with Gasteiger partial charge in [0.1, 0.15) is 0 Å². The number of carbonyl (C=O) groups excluding carboxylic acids is 1. The van der Waals surface area contributed by atoms with Gasteiger partial charge in [-0.1, -0.05) is 55.1 Å². The molecule has 3 heteroatoms. The second-order valence-corrected chi connectivity index (χ2v) is 4.86. The Kier molecular flexibility index (Phi) is 3.12. The van der Waals surface area contributed by atoms with E-state index in [2.05, 4.69) is 6.58 Å². The van der Waals surface area contributed by atoms with E-state index in [1.165, 1.54) is 0 Å². The number of rotatable bonds is 2. The van der Waals surface area contributed by atoms with Crippen LogP contribution in [0.5, 0.6) is 0 Å². The summed E-state index contributed by atoms with van der Waals surface area (Å²) in [5, 5.41) is 3.62. The smallest absolute Gasteiger partial charge is 0.268 e. The average Bonchev–Trinajstić information content (AvgIpc) is 2.71. The van der Waals surface area contributed by atoms with Gasteiger partial charge in [-0.3, -0.25) is 4.79 Å². The van der Waals surface area contributed by atoms with Crippen molar-refractivity contribution in [1.29, 1.82) is 0 Å². The van der Waals surface area contributed by atoms with E-state index in [1.54, 1.807) is 5.01 Å². The van der Waals surface area contributed by atoms with Gasteiger partial charge in [0.25, 0.3) is 5.91 Å². The summed E-state index contributed by atoms with van der Waals surface area (Å²) in [5.74, 6) is -0.0486. The fraction of sp³-hybridized carbons (Fsp3) is 0.118. The standard InChI is InChI=1S/C17H16N2O/c1-13-16(14-9-5-3-6-10-14)18(2)19(17(13)20)15-11-7-4-8-12-15/h3-12,16H,1H2,2H3. The zero-order valence-electron chi connectivity index (χ0n) is 11.4. The van der Waals surface area contributed by atoms with Gasteiger partial charge in [0.05, 0.1) is 11.7 Å². The molecule has 1 fully saturated rings. The van der Waals surface area contributed by atoms with Crippen LogP contribution in [0.1, 0.15) is 11.6 Å². The van der Waals surface area contributed by atoms with Crippen LogP contribution >= 0.6 is 0 Å². The van der Waals surface area contributed by atoms with Gasteiger partial charge in [0, 0.05) is 12.6 Å². The van der Waals surface area contributed by atoms with Crippen LogP contribution in [-0.2, 0) is 4.79 Å². The van der Waals surface area contributed by atoms with E-state index in [9.17, 15) is 4.79 Å². The molecule has 3 nitrogen and oxygen atoms in total. The Labute approximate surface area is 118 Å². The number of amides is 1. The fourth-order valence-electron chi connectivity index (χ4n) is 2.66. The van der Waals surface area contributed by atoms with Crippen LogP contribution in [0.4, 0.5) is 5.69 Å². The molecule has 1 amide bonds. The Morgan fingerprint density at radius 3 is 2.10 bits per heavy atom. The van der Waals surface area contributed by atoms with Gasteiger partial charge < -0.3 is 0 Å². The SMILES string of the molecule is C=C1C(=O)N(c2ccccc2)N(C)C1c1ccccc1. The Bertz CT molecular complexity index is 579. The van der Waals surface area contributed by atoms with Crippen molar-refractivity contribution in [3.05, 3.63) is 78.4 Å². The van der Waals surface area contributed by atoms with Crippen LogP contribution in [0.2, 0.25) is 0 Å². The molecular weight excluding hydrogens is 248 g/mol. The number of hydrogen-bond acceptors (Lipinski definition) is 2. The van der Waals surface area contributed by atoms with Crippen molar-refractivity contribution >= 4 is 11.6 Å². The largest absolute Gasteiger partial charge is 0.270 e. The van der Waals surface area contributed by atoms with E-state index in [1.807, 2.05) is 72.7 Å². The van der Waals surface area contributed by atoms with E-state index in [0.29, 0.717) is 5.57 Å². The lowest BCUT2D eigenvalue weighted by molar-refractivity contribution is -0.115. The lowest BCUT2D eigenvalue weighted by Crippen LogP contribution is -2.37. The fourth-order valence-corrected chi connectivity index (χ4v) is 2.66. The molecule has 2 aromatic carbocycles. The highest BCUT2D eigenvalue weighted by atomic mass is 16.2. The Balaban J connectivity index is 2.01. The van der Waals surface area contributed by atoms with Crippen LogP contribution in [0.25, 0.3) is 0 Å². The highest BCUT2D eigenvalue weighted by Gasteiger charge is 2.40. The molecule has 0 bridgehead atoms. The molecule has 0 radical (unpaired) electrons. The number of benzene rings is 2. The minimum atomic E-state index is -0.107.